The van der Waals surface area contributed by atoms with Crippen molar-refractivity contribution in [2.24, 2.45) is 17.8 Å². The Labute approximate surface area is 126 Å². The molecule has 1 aromatic rings. The molecule has 0 radical (unpaired) electrons. The van der Waals surface area contributed by atoms with Gasteiger partial charge >= 0.3 is 0 Å². The van der Waals surface area contributed by atoms with Gasteiger partial charge in [0.05, 0.1) is 6.10 Å². The average molecular weight is 293 g/mol. The number of nitrogens with zero attached hydrogens (tertiary/aromatic N) is 2. The van der Waals surface area contributed by atoms with Crippen LogP contribution in [0.2, 0.25) is 0 Å². The van der Waals surface area contributed by atoms with E-state index >= 15 is 0 Å². The van der Waals surface area contributed by atoms with Crippen LogP contribution in [0.4, 0.5) is 0 Å². The van der Waals surface area contributed by atoms with Crippen LogP contribution in [0, 0.1) is 24.7 Å². The second-order valence-electron chi connectivity index (χ2n) is 6.52. The number of aliphatic hydroxyl groups excluding tert-OH is 2. The molecule has 0 aliphatic heterocycles. The minimum Gasteiger partial charge on any atom is -0.396 e. The summed E-state index contributed by atoms with van der Waals surface area (Å²) >= 11 is 0. The van der Waals surface area contributed by atoms with Crippen LogP contribution in [0.5, 0.6) is 0 Å². The van der Waals surface area contributed by atoms with Crippen molar-refractivity contribution in [1.82, 2.24) is 15.3 Å². The van der Waals surface area contributed by atoms with Crippen molar-refractivity contribution in [3.05, 3.63) is 23.8 Å². The maximum absolute atomic E-state index is 10.2. The minimum atomic E-state index is -0.437. The van der Waals surface area contributed by atoms with Gasteiger partial charge in [-0.25, -0.2) is 9.97 Å². The number of aryl methyl sites for hydroxylation is 1. The minimum absolute atomic E-state index is 0.0236. The van der Waals surface area contributed by atoms with Crippen LogP contribution in [0.1, 0.15) is 31.8 Å². The van der Waals surface area contributed by atoms with Gasteiger partial charge in [-0.05, 0) is 44.2 Å². The molecule has 5 nitrogen and oxygen atoms in total. The molecule has 1 fully saturated rings. The van der Waals surface area contributed by atoms with E-state index in [1.807, 2.05) is 13.0 Å². The molecular formula is C16H27N3O2. The normalized spacial score (nSPS) is 29.2. The molecule has 1 heterocycles. The molecule has 0 aromatic carbocycles. The highest BCUT2D eigenvalue weighted by Crippen LogP contribution is 2.34. The quantitative estimate of drug-likeness (QED) is 0.727. The van der Waals surface area contributed by atoms with Crippen molar-refractivity contribution in [1.29, 1.82) is 0 Å². The van der Waals surface area contributed by atoms with Gasteiger partial charge in [0, 0.05) is 30.5 Å². The third kappa shape index (κ3) is 4.22. The smallest absolute Gasteiger partial charge is 0.125 e. The van der Waals surface area contributed by atoms with Gasteiger partial charge in [-0.1, -0.05) is 13.8 Å². The number of hydrogen-bond donors (Lipinski definition) is 3. The van der Waals surface area contributed by atoms with E-state index in [0.717, 1.165) is 24.5 Å². The molecule has 1 saturated carbocycles. The molecule has 118 valence electrons. The fraction of sp³-hybridized carbons (Fsp3) is 0.750. The molecule has 0 amide bonds. The standard InChI is InChI=1S/C16H27N3O2/c1-10(2)8-18-15-7-16(21)14(9-20)13(15)6-12-4-5-17-11(3)19-12/h4-5,10,13-16,18,20-21H,6-9H2,1-3H3/t13-,14-,15-,16-/m1/s1. The van der Waals surface area contributed by atoms with Gasteiger partial charge in [-0.15, -0.1) is 0 Å². The molecule has 1 aromatic heterocycles. The zero-order valence-electron chi connectivity index (χ0n) is 13.2. The van der Waals surface area contributed by atoms with Gasteiger partial charge in [0.25, 0.3) is 0 Å². The molecule has 21 heavy (non-hydrogen) atoms. The summed E-state index contributed by atoms with van der Waals surface area (Å²) in [5.41, 5.74) is 0.983. The zero-order valence-corrected chi connectivity index (χ0v) is 13.2. The highest BCUT2D eigenvalue weighted by atomic mass is 16.3. The number of aromatic nitrogens is 2. The van der Waals surface area contributed by atoms with E-state index in [1.165, 1.54) is 0 Å². The molecular weight excluding hydrogens is 266 g/mol. The van der Waals surface area contributed by atoms with Gasteiger partial charge in [-0.2, -0.15) is 0 Å². The van der Waals surface area contributed by atoms with Crippen LogP contribution in [-0.2, 0) is 6.42 Å². The van der Waals surface area contributed by atoms with Crippen LogP contribution in [0.25, 0.3) is 0 Å². The molecule has 0 bridgehead atoms. The summed E-state index contributed by atoms with van der Waals surface area (Å²) in [7, 11) is 0. The number of aliphatic hydroxyl groups is 2. The summed E-state index contributed by atoms with van der Waals surface area (Å²) in [6.45, 7) is 7.17. The molecule has 1 aliphatic carbocycles. The van der Waals surface area contributed by atoms with Gasteiger partial charge in [-0.3, -0.25) is 0 Å². The van der Waals surface area contributed by atoms with Crippen molar-refractivity contribution < 1.29 is 10.2 Å². The van der Waals surface area contributed by atoms with Crippen LogP contribution < -0.4 is 5.32 Å². The first-order valence-electron chi connectivity index (χ1n) is 7.82. The SMILES string of the molecule is Cc1nccc(C[C@@H]2[C@@H](CO)[C@H](O)C[C@H]2NCC(C)C)n1. The van der Waals surface area contributed by atoms with Crippen molar-refractivity contribution in [3.63, 3.8) is 0 Å². The van der Waals surface area contributed by atoms with E-state index in [0.29, 0.717) is 12.3 Å². The zero-order chi connectivity index (χ0) is 15.4. The van der Waals surface area contributed by atoms with Gasteiger partial charge < -0.3 is 15.5 Å². The predicted octanol–water partition coefficient (Wildman–Crippen LogP) is 0.931. The average Bonchev–Trinajstić information content (AvgIpc) is 2.72. The van der Waals surface area contributed by atoms with E-state index in [4.69, 9.17) is 0 Å². The fourth-order valence-electron chi connectivity index (χ4n) is 3.23. The first-order valence-corrected chi connectivity index (χ1v) is 7.82. The Morgan fingerprint density at radius 3 is 2.76 bits per heavy atom. The Balaban J connectivity index is 2.10. The molecule has 4 atom stereocenters. The summed E-state index contributed by atoms with van der Waals surface area (Å²) < 4.78 is 0. The predicted molar refractivity (Wildman–Crippen MR) is 81.8 cm³/mol. The third-order valence-electron chi connectivity index (χ3n) is 4.33. The van der Waals surface area contributed by atoms with Gasteiger partial charge in [0.1, 0.15) is 5.82 Å². The van der Waals surface area contributed by atoms with Crippen molar-refractivity contribution in [2.75, 3.05) is 13.2 Å². The lowest BCUT2D eigenvalue weighted by atomic mass is 9.88. The molecule has 5 heteroatoms. The first kappa shape index (κ1) is 16.3. The Bertz CT molecular complexity index is 453. The van der Waals surface area contributed by atoms with E-state index in [2.05, 4.69) is 29.1 Å². The van der Waals surface area contributed by atoms with E-state index in [1.54, 1.807) is 6.20 Å². The van der Waals surface area contributed by atoms with Crippen LogP contribution in [-0.4, -0.2) is 45.5 Å². The number of nitrogens with one attached hydrogen (secondary N) is 1. The van der Waals surface area contributed by atoms with Crippen molar-refractivity contribution in [3.8, 4) is 0 Å². The second kappa shape index (κ2) is 7.29. The van der Waals surface area contributed by atoms with Gasteiger partial charge in [0.15, 0.2) is 0 Å². The molecule has 2 rings (SSSR count). The van der Waals surface area contributed by atoms with Crippen molar-refractivity contribution >= 4 is 0 Å². The maximum Gasteiger partial charge on any atom is 0.125 e. The Morgan fingerprint density at radius 2 is 2.14 bits per heavy atom. The van der Waals surface area contributed by atoms with E-state index in [9.17, 15) is 10.2 Å². The third-order valence-corrected chi connectivity index (χ3v) is 4.33. The van der Waals surface area contributed by atoms with Gasteiger partial charge in [0.2, 0.25) is 0 Å². The van der Waals surface area contributed by atoms with E-state index < -0.39 is 6.10 Å². The van der Waals surface area contributed by atoms with E-state index in [-0.39, 0.29) is 24.5 Å². The lowest BCUT2D eigenvalue weighted by molar-refractivity contribution is 0.0716. The molecule has 0 saturated heterocycles. The summed E-state index contributed by atoms with van der Waals surface area (Å²) in [5.74, 6) is 1.46. The summed E-state index contributed by atoms with van der Waals surface area (Å²) in [4.78, 5) is 8.58. The second-order valence-corrected chi connectivity index (χ2v) is 6.52. The fourth-order valence-corrected chi connectivity index (χ4v) is 3.23. The Hall–Kier alpha value is -1.04. The molecule has 0 unspecified atom stereocenters. The lowest BCUT2D eigenvalue weighted by Gasteiger charge is -2.25. The number of rotatable bonds is 6. The van der Waals surface area contributed by atoms with Crippen LogP contribution >= 0.6 is 0 Å². The summed E-state index contributed by atoms with van der Waals surface area (Å²) in [6, 6.07) is 2.15. The first-order chi connectivity index (χ1) is 10.0. The van der Waals surface area contributed by atoms with Crippen LogP contribution in [0.3, 0.4) is 0 Å². The highest BCUT2D eigenvalue weighted by molar-refractivity contribution is 5.07. The molecule has 3 N–H and O–H groups in total. The maximum atomic E-state index is 10.2. The number of hydrogen-bond acceptors (Lipinski definition) is 5. The van der Waals surface area contributed by atoms with Crippen molar-refractivity contribution in [2.45, 2.75) is 45.8 Å². The summed E-state index contributed by atoms with van der Waals surface area (Å²) in [6.07, 6.45) is 2.80. The molecule has 0 spiro atoms. The topological polar surface area (TPSA) is 78.3 Å². The monoisotopic (exact) mass is 293 g/mol. The Morgan fingerprint density at radius 1 is 1.38 bits per heavy atom. The lowest BCUT2D eigenvalue weighted by Crippen LogP contribution is -2.38. The van der Waals surface area contributed by atoms with Crippen LogP contribution in [0.15, 0.2) is 12.3 Å². The summed E-state index contributed by atoms with van der Waals surface area (Å²) in [5, 5.41) is 23.4. The molecule has 1 aliphatic rings. The Kier molecular flexibility index (Phi) is 5.67. The largest absolute Gasteiger partial charge is 0.396 e. The highest BCUT2D eigenvalue weighted by Gasteiger charge is 2.41.